The van der Waals surface area contributed by atoms with Crippen molar-refractivity contribution < 1.29 is 32.9 Å². The normalized spacial score (nSPS) is 14.7. The zero-order valence-corrected chi connectivity index (χ0v) is 33.8. The molecular formula is C40H82N2O6P+. The molecule has 3 unspecified atom stereocenters. The zero-order valence-electron chi connectivity index (χ0n) is 32.9. The van der Waals surface area contributed by atoms with Crippen LogP contribution in [0.4, 0.5) is 0 Å². The smallest absolute Gasteiger partial charge is 0.387 e. The Morgan fingerprint density at radius 2 is 1.04 bits per heavy atom. The van der Waals surface area contributed by atoms with Gasteiger partial charge in [-0.15, -0.1) is 0 Å². The van der Waals surface area contributed by atoms with Gasteiger partial charge in [0.1, 0.15) is 13.2 Å². The number of likely N-dealkylation sites (N-methyl/N-ethyl adjacent to an activating group) is 1. The molecule has 49 heavy (non-hydrogen) atoms. The number of phosphoric ester groups is 1. The topological polar surface area (TPSA) is 105 Å². The molecule has 0 fully saturated rings. The van der Waals surface area contributed by atoms with Crippen molar-refractivity contribution in [3.63, 3.8) is 0 Å². The van der Waals surface area contributed by atoms with Gasteiger partial charge in [-0.05, 0) is 12.8 Å². The lowest BCUT2D eigenvalue weighted by atomic mass is 10.0. The average molecular weight is 718 g/mol. The number of aliphatic hydroxyl groups excluding tert-OH is 1. The van der Waals surface area contributed by atoms with Crippen molar-refractivity contribution in [3.05, 3.63) is 12.2 Å². The summed E-state index contributed by atoms with van der Waals surface area (Å²) in [7, 11) is 1.57. The van der Waals surface area contributed by atoms with Crippen LogP contribution in [0.2, 0.25) is 0 Å². The Bertz CT molecular complexity index is 819. The molecule has 3 N–H and O–H groups in total. The quantitative estimate of drug-likeness (QED) is 0.0256. The fraction of sp³-hybridized carbons (Fsp3) is 0.925. The molecule has 0 saturated heterocycles. The number of nitrogens with one attached hydrogen (secondary N) is 1. The van der Waals surface area contributed by atoms with Crippen molar-refractivity contribution in [2.24, 2.45) is 0 Å². The Labute approximate surface area is 303 Å². The van der Waals surface area contributed by atoms with Crippen LogP contribution >= 0.6 is 7.82 Å². The SMILES string of the molecule is CCCCCCCCCCCCCCCCCCCCCCCCCCCC/C=C/C(O)C(COP(=O)(O)OCC[N+](C)(C)C)NC(C)=O. The summed E-state index contributed by atoms with van der Waals surface area (Å²) in [5, 5.41) is 13.1. The van der Waals surface area contributed by atoms with Crippen LogP contribution in [0.1, 0.15) is 187 Å². The number of carbonyl (C=O) groups is 1. The molecule has 0 spiro atoms. The minimum Gasteiger partial charge on any atom is -0.387 e. The standard InChI is InChI=1S/C40H81N2O6P/c1-6-7-8-9-10-11-12-13-14-15-16-17-18-19-20-21-22-23-24-25-26-27-28-29-30-31-32-33-34-40(44)39(41-38(2)43)37-48-49(45,46)47-36-35-42(3,4)5/h33-34,39-40,44H,6-32,35-37H2,1-5H3,(H-,41,43,45,46)/p+1/b34-33+. The lowest BCUT2D eigenvalue weighted by Gasteiger charge is -2.25. The molecule has 9 heteroatoms. The van der Waals surface area contributed by atoms with Gasteiger partial charge in [0.15, 0.2) is 0 Å². The van der Waals surface area contributed by atoms with Crippen LogP contribution in [0.5, 0.6) is 0 Å². The summed E-state index contributed by atoms with van der Waals surface area (Å²) in [6, 6.07) is -0.842. The summed E-state index contributed by atoms with van der Waals surface area (Å²) < 4.78 is 22.9. The Kier molecular flexibility index (Phi) is 32.6. The van der Waals surface area contributed by atoms with E-state index in [1.807, 2.05) is 27.2 Å². The number of quaternary nitrogens is 1. The van der Waals surface area contributed by atoms with Crippen molar-refractivity contribution in [2.75, 3.05) is 40.9 Å². The first kappa shape index (κ1) is 48.2. The zero-order chi connectivity index (χ0) is 36.5. The van der Waals surface area contributed by atoms with Crippen molar-refractivity contribution in [2.45, 2.75) is 199 Å². The maximum atomic E-state index is 12.2. The summed E-state index contributed by atoms with van der Waals surface area (Å²) in [5.74, 6) is -0.352. The number of aliphatic hydroxyl groups is 1. The lowest BCUT2D eigenvalue weighted by Crippen LogP contribution is -2.44. The summed E-state index contributed by atoms with van der Waals surface area (Å²) >= 11 is 0. The average Bonchev–Trinajstić information content (AvgIpc) is 3.03. The summed E-state index contributed by atoms with van der Waals surface area (Å²) in [5.41, 5.74) is 0. The van der Waals surface area contributed by atoms with E-state index in [9.17, 15) is 19.4 Å². The molecule has 1 amide bonds. The maximum Gasteiger partial charge on any atom is 0.472 e. The van der Waals surface area contributed by atoms with Gasteiger partial charge in [0.25, 0.3) is 0 Å². The van der Waals surface area contributed by atoms with E-state index < -0.39 is 20.0 Å². The van der Waals surface area contributed by atoms with Crippen molar-refractivity contribution in [1.82, 2.24) is 5.32 Å². The monoisotopic (exact) mass is 718 g/mol. The van der Waals surface area contributed by atoms with Gasteiger partial charge in [-0.25, -0.2) is 4.57 Å². The predicted octanol–water partition coefficient (Wildman–Crippen LogP) is 10.8. The summed E-state index contributed by atoms with van der Waals surface area (Å²) in [4.78, 5) is 21.6. The largest absolute Gasteiger partial charge is 0.472 e. The van der Waals surface area contributed by atoms with Crippen molar-refractivity contribution in [1.29, 1.82) is 0 Å². The third-order valence-corrected chi connectivity index (χ3v) is 10.3. The van der Waals surface area contributed by atoms with Gasteiger partial charge in [-0.1, -0.05) is 180 Å². The van der Waals surface area contributed by atoms with Crippen LogP contribution < -0.4 is 5.32 Å². The minimum atomic E-state index is -4.29. The van der Waals surface area contributed by atoms with Crippen LogP contribution in [0, 0.1) is 0 Å². The number of rotatable bonds is 37. The van der Waals surface area contributed by atoms with Crippen LogP contribution in [0.15, 0.2) is 12.2 Å². The van der Waals surface area contributed by atoms with E-state index in [1.165, 1.54) is 161 Å². The van der Waals surface area contributed by atoms with Gasteiger partial charge < -0.3 is 19.8 Å². The van der Waals surface area contributed by atoms with Gasteiger partial charge >= 0.3 is 7.82 Å². The van der Waals surface area contributed by atoms with E-state index in [4.69, 9.17) is 9.05 Å². The van der Waals surface area contributed by atoms with Gasteiger partial charge in [0, 0.05) is 6.92 Å². The van der Waals surface area contributed by atoms with Crippen LogP contribution in [-0.4, -0.2) is 73.4 Å². The molecule has 292 valence electrons. The summed E-state index contributed by atoms with van der Waals surface area (Å²) in [6.07, 6.45) is 39.3. The third kappa shape index (κ3) is 36.8. The van der Waals surface area contributed by atoms with Crippen LogP contribution in [0.25, 0.3) is 0 Å². The number of carbonyl (C=O) groups excluding carboxylic acids is 1. The predicted molar refractivity (Wildman–Crippen MR) is 208 cm³/mol. The number of allylic oxidation sites excluding steroid dienone is 1. The van der Waals surface area contributed by atoms with E-state index >= 15 is 0 Å². The molecule has 0 saturated carbocycles. The second kappa shape index (κ2) is 33.1. The molecule has 0 aromatic carbocycles. The van der Waals surface area contributed by atoms with Gasteiger partial charge in [0.05, 0.1) is 39.9 Å². The van der Waals surface area contributed by atoms with E-state index in [0.717, 1.165) is 19.3 Å². The summed E-state index contributed by atoms with van der Waals surface area (Å²) in [6.45, 7) is 3.89. The van der Waals surface area contributed by atoms with E-state index in [0.29, 0.717) is 11.0 Å². The molecule has 0 aliphatic rings. The molecule has 8 nitrogen and oxygen atoms in total. The van der Waals surface area contributed by atoms with Crippen molar-refractivity contribution in [3.8, 4) is 0 Å². The third-order valence-electron chi connectivity index (χ3n) is 9.29. The molecule has 0 aromatic rings. The second-order valence-corrected chi connectivity index (χ2v) is 16.9. The molecule has 3 atom stereocenters. The highest BCUT2D eigenvalue weighted by Crippen LogP contribution is 2.43. The number of hydrogen-bond donors (Lipinski definition) is 3. The van der Waals surface area contributed by atoms with Gasteiger partial charge in [-0.3, -0.25) is 13.8 Å². The van der Waals surface area contributed by atoms with Gasteiger partial charge in [-0.2, -0.15) is 0 Å². The molecule has 0 aromatic heterocycles. The molecule has 0 radical (unpaired) electrons. The molecule has 0 aliphatic carbocycles. The Morgan fingerprint density at radius 1 is 0.673 bits per heavy atom. The molecule has 0 heterocycles. The fourth-order valence-electron chi connectivity index (χ4n) is 6.08. The molecule has 0 aliphatic heterocycles. The van der Waals surface area contributed by atoms with E-state index in [-0.39, 0.29) is 19.1 Å². The molecule has 0 bridgehead atoms. The Hall–Kier alpha value is -0.760. The van der Waals surface area contributed by atoms with Crippen molar-refractivity contribution >= 4 is 13.7 Å². The maximum absolute atomic E-state index is 12.2. The number of nitrogens with zero attached hydrogens (tertiary/aromatic N) is 1. The lowest BCUT2D eigenvalue weighted by molar-refractivity contribution is -0.870. The highest BCUT2D eigenvalue weighted by molar-refractivity contribution is 7.47. The number of unbranched alkanes of at least 4 members (excludes halogenated alkanes) is 26. The van der Waals surface area contributed by atoms with E-state index in [1.54, 1.807) is 6.08 Å². The highest BCUT2D eigenvalue weighted by atomic mass is 31.2. The number of phosphoric acid groups is 1. The highest BCUT2D eigenvalue weighted by Gasteiger charge is 2.27. The number of hydrogen-bond acceptors (Lipinski definition) is 5. The Morgan fingerprint density at radius 3 is 1.39 bits per heavy atom. The molecular weight excluding hydrogens is 635 g/mol. The molecule has 0 rings (SSSR count). The van der Waals surface area contributed by atoms with Crippen LogP contribution in [0.3, 0.4) is 0 Å². The van der Waals surface area contributed by atoms with E-state index in [2.05, 4.69) is 12.2 Å². The first-order chi connectivity index (χ1) is 23.5. The second-order valence-electron chi connectivity index (χ2n) is 15.5. The number of amides is 1. The Balaban J connectivity index is 3.63. The van der Waals surface area contributed by atoms with Crippen LogP contribution in [-0.2, 0) is 18.4 Å². The fourth-order valence-corrected chi connectivity index (χ4v) is 6.81. The minimum absolute atomic E-state index is 0.0597. The first-order valence-corrected chi connectivity index (χ1v) is 22.0. The van der Waals surface area contributed by atoms with Gasteiger partial charge in [0.2, 0.25) is 5.91 Å². The first-order valence-electron chi connectivity index (χ1n) is 20.5.